The molecular formula is C22H19ClN4O4. The van der Waals surface area contributed by atoms with Crippen LogP contribution in [0.4, 0.5) is 5.82 Å². The molecule has 158 valence electrons. The fourth-order valence-electron chi connectivity index (χ4n) is 3.40. The number of rotatable bonds is 6. The van der Waals surface area contributed by atoms with Crippen LogP contribution in [0.25, 0.3) is 11.0 Å². The molecule has 8 nitrogen and oxygen atoms in total. The third-order valence-corrected chi connectivity index (χ3v) is 5.05. The van der Waals surface area contributed by atoms with Crippen molar-refractivity contribution in [2.75, 3.05) is 11.4 Å². The molecule has 31 heavy (non-hydrogen) atoms. The second kappa shape index (κ2) is 8.69. The Bertz CT molecular complexity index is 1180. The number of amides is 2. The van der Waals surface area contributed by atoms with E-state index in [1.54, 1.807) is 48.5 Å². The standard InChI is InChI=1S/C22H19ClN4O4/c1-13(28)24-12-4-7-19(29)31-22-16-6-3-2-5-15(16)21(30)27(22)18-11-9-14-8-10-17(23)25-20(14)26-18/h2-3,5-6,8-11,22H,4,7,12H2,1H3,(H,24,28). The lowest BCUT2D eigenvalue weighted by atomic mass is 10.1. The van der Waals surface area contributed by atoms with Crippen LogP contribution in [0.5, 0.6) is 0 Å². The van der Waals surface area contributed by atoms with E-state index in [2.05, 4.69) is 15.3 Å². The molecule has 0 saturated heterocycles. The Hall–Kier alpha value is -3.52. The zero-order chi connectivity index (χ0) is 22.0. The van der Waals surface area contributed by atoms with Gasteiger partial charge in [-0.05, 0) is 36.8 Å². The maximum Gasteiger partial charge on any atom is 0.308 e. The van der Waals surface area contributed by atoms with Gasteiger partial charge in [-0.2, -0.15) is 0 Å². The van der Waals surface area contributed by atoms with Crippen molar-refractivity contribution in [2.24, 2.45) is 0 Å². The third kappa shape index (κ3) is 4.34. The Kier molecular flexibility index (Phi) is 5.81. The van der Waals surface area contributed by atoms with Crippen LogP contribution in [-0.4, -0.2) is 34.3 Å². The highest BCUT2D eigenvalue weighted by molar-refractivity contribution is 6.29. The molecule has 3 aromatic rings. The number of nitrogens with zero attached hydrogens (tertiary/aromatic N) is 3. The van der Waals surface area contributed by atoms with Crippen molar-refractivity contribution in [2.45, 2.75) is 26.0 Å². The maximum absolute atomic E-state index is 13.1. The number of esters is 1. The minimum atomic E-state index is -0.943. The lowest BCUT2D eigenvalue weighted by Gasteiger charge is -2.24. The van der Waals surface area contributed by atoms with Gasteiger partial charge in [0.2, 0.25) is 12.1 Å². The van der Waals surface area contributed by atoms with E-state index in [0.717, 1.165) is 5.39 Å². The molecule has 1 aliphatic heterocycles. The van der Waals surface area contributed by atoms with Crippen LogP contribution in [0.2, 0.25) is 5.15 Å². The van der Waals surface area contributed by atoms with Gasteiger partial charge in [0.05, 0.1) is 0 Å². The quantitative estimate of drug-likeness (QED) is 0.359. The SMILES string of the molecule is CC(=O)NCCCC(=O)OC1c2ccccc2C(=O)N1c1ccc2ccc(Cl)nc2n1. The van der Waals surface area contributed by atoms with Crippen molar-refractivity contribution in [3.05, 3.63) is 64.8 Å². The van der Waals surface area contributed by atoms with Gasteiger partial charge in [-0.1, -0.05) is 29.8 Å². The minimum absolute atomic E-state index is 0.100. The second-order valence-corrected chi connectivity index (χ2v) is 7.43. The highest BCUT2D eigenvalue weighted by Gasteiger charge is 2.40. The molecule has 0 bridgehead atoms. The normalized spacial score (nSPS) is 15.1. The molecule has 4 rings (SSSR count). The van der Waals surface area contributed by atoms with Crippen molar-refractivity contribution in [1.29, 1.82) is 0 Å². The molecule has 0 aliphatic carbocycles. The summed E-state index contributed by atoms with van der Waals surface area (Å²) >= 11 is 5.98. The van der Waals surface area contributed by atoms with Crippen molar-refractivity contribution >= 4 is 46.2 Å². The molecule has 0 spiro atoms. The monoisotopic (exact) mass is 438 g/mol. The van der Waals surface area contributed by atoms with Gasteiger partial charge in [-0.25, -0.2) is 9.97 Å². The van der Waals surface area contributed by atoms with Gasteiger partial charge >= 0.3 is 5.97 Å². The number of aromatic nitrogens is 2. The van der Waals surface area contributed by atoms with Crippen LogP contribution in [0.15, 0.2) is 48.5 Å². The van der Waals surface area contributed by atoms with E-state index in [0.29, 0.717) is 35.6 Å². The number of anilines is 1. The zero-order valence-electron chi connectivity index (χ0n) is 16.7. The number of carbonyl (C=O) groups excluding carboxylic acids is 3. The van der Waals surface area contributed by atoms with E-state index in [1.807, 2.05) is 0 Å². The first-order valence-electron chi connectivity index (χ1n) is 9.74. The molecule has 1 aromatic carbocycles. The van der Waals surface area contributed by atoms with Crippen molar-refractivity contribution < 1.29 is 19.1 Å². The van der Waals surface area contributed by atoms with Crippen LogP contribution in [0, 0.1) is 0 Å². The topological polar surface area (TPSA) is 101 Å². The Morgan fingerprint density at radius 3 is 2.71 bits per heavy atom. The summed E-state index contributed by atoms with van der Waals surface area (Å²) in [6.07, 6.45) is -0.415. The summed E-state index contributed by atoms with van der Waals surface area (Å²) in [6, 6.07) is 13.9. The number of halogens is 1. The highest BCUT2D eigenvalue weighted by Crippen LogP contribution is 2.38. The summed E-state index contributed by atoms with van der Waals surface area (Å²) < 4.78 is 5.69. The lowest BCUT2D eigenvalue weighted by Crippen LogP contribution is -2.31. The van der Waals surface area contributed by atoms with Gasteiger partial charge in [-0.15, -0.1) is 0 Å². The first-order valence-corrected chi connectivity index (χ1v) is 10.1. The second-order valence-electron chi connectivity index (χ2n) is 7.04. The van der Waals surface area contributed by atoms with E-state index >= 15 is 0 Å². The van der Waals surface area contributed by atoms with Crippen LogP contribution in [-0.2, 0) is 14.3 Å². The molecule has 3 heterocycles. The summed E-state index contributed by atoms with van der Waals surface area (Å²) in [7, 11) is 0. The number of ether oxygens (including phenoxy) is 1. The van der Waals surface area contributed by atoms with Gasteiger partial charge in [0.25, 0.3) is 5.91 Å². The summed E-state index contributed by atoms with van der Waals surface area (Å²) in [6.45, 7) is 1.78. The number of nitrogens with one attached hydrogen (secondary N) is 1. The number of fused-ring (bicyclic) bond motifs is 2. The zero-order valence-corrected chi connectivity index (χ0v) is 17.4. The van der Waals surface area contributed by atoms with Gasteiger partial charge in [0, 0.05) is 36.4 Å². The van der Waals surface area contributed by atoms with Crippen LogP contribution < -0.4 is 10.2 Å². The highest BCUT2D eigenvalue weighted by atomic mass is 35.5. The summed E-state index contributed by atoms with van der Waals surface area (Å²) in [5.74, 6) is -0.655. The maximum atomic E-state index is 13.1. The molecule has 0 radical (unpaired) electrons. The summed E-state index contributed by atoms with van der Waals surface area (Å²) in [5.41, 5.74) is 1.41. The molecule has 0 fully saturated rings. The third-order valence-electron chi connectivity index (χ3n) is 4.84. The number of pyridine rings is 2. The first-order chi connectivity index (χ1) is 14.9. The van der Waals surface area contributed by atoms with Crippen LogP contribution >= 0.6 is 11.6 Å². The Morgan fingerprint density at radius 2 is 1.90 bits per heavy atom. The average Bonchev–Trinajstić information content (AvgIpc) is 3.02. The lowest BCUT2D eigenvalue weighted by molar-refractivity contribution is -0.149. The van der Waals surface area contributed by atoms with E-state index in [1.165, 1.54) is 11.8 Å². The Labute approximate surface area is 183 Å². The molecule has 1 aliphatic rings. The van der Waals surface area contributed by atoms with Gasteiger partial charge in [0.15, 0.2) is 5.65 Å². The van der Waals surface area contributed by atoms with Crippen LogP contribution in [0.1, 0.15) is 41.9 Å². The van der Waals surface area contributed by atoms with E-state index in [9.17, 15) is 14.4 Å². The molecule has 0 saturated carbocycles. The molecular weight excluding hydrogens is 420 g/mol. The fourth-order valence-corrected chi connectivity index (χ4v) is 3.55. The smallest absolute Gasteiger partial charge is 0.308 e. The summed E-state index contributed by atoms with van der Waals surface area (Å²) in [5, 5.41) is 3.69. The van der Waals surface area contributed by atoms with Crippen LogP contribution in [0.3, 0.4) is 0 Å². The van der Waals surface area contributed by atoms with E-state index in [-0.39, 0.29) is 23.4 Å². The van der Waals surface area contributed by atoms with Crippen molar-refractivity contribution in [3.63, 3.8) is 0 Å². The molecule has 2 aromatic heterocycles. The van der Waals surface area contributed by atoms with Gasteiger partial charge in [-0.3, -0.25) is 19.3 Å². The predicted octanol–water partition coefficient (Wildman–Crippen LogP) is 3.40. The molecule has 9 heteroatoms. The van der Waals surface area contributed by atoms with Crippen molar-refractivity contribution in [3.8, 4) is 0 Å². The number of hydrogen-bond donors (Lipinski definition) is 1. The Morgan fingerprint density at radius 1 is 1.13 bits per heavy atom. The van der Waals surface area contributed by atoms with E-state index in [4.69, 9.17) is 16.3 Å². The fraction of sp³-hybridized carbons (Fsp3) is 0.227. The Balaban J connectivity index is 1.62. The minimum Gasteiger partial charge on any atom is -0.437 e. The number of carbonyl (C=O) groups is 3. The van der Waals surface area contributed by atoms with Gasteiger partial charge in [0.1, 0.15) is 11.0 Å². The molecule has 2 amide bonds. The molecule has 1 atom stereocenters. The summed E-state index contributed by atoms with van der Waals surface area (Å²) in [4.78, 5) is 46.6. The van der Waals surface area contributed by atoms with E-state index < -0.39 is 12.2 Å². The largest absolute Gasteiger partial charge is 0.437 e. The predicted molar refractivity (Wildman–Crippen MR) is 115 cm³/mol. The number of hydrogen-bond acceptors (Lipinski definition) is 6. The van der Waals surface area contributed by atoms with Gasteiger partial charge < -0.3 is 10.1 Å². The molecule has 1 unspecified atom stereocenters. The molecule has 1 N–H and O–H groups in total. The van der Waals surface area contributed by atoms with Crippen molar-refractivity contribution in [1.82, 2.24) is 15.3 Å². The first kappa shape index (κ1) is 20.7. The average molecular weight is 439 g/mol. The number of benzene rings is 1.